The van der Waals surface area contributed by atoms with Gasteiger partial charge >= 0.3 is 5.97 Å². The van der Waals surface area contributed by atoms with E-state index in [2.05, 4.69) is 10.5 Å². The number of carbonyl (C=O) groups excluding carboxylic acids is 2. The molecule has 0 aliphatic carbocycles. The number of amides is 1. The quantitative estimate of drug-likeness (QED) is 0.654. The first-order chi connectivity index (χ1) is 8.16. The highest BCUT2D eigenvalue weighted by molar-refractivity contribution is 7.11. The smallest absolute Gasteiger partial charge is 0.355 e. The van der Waals surface area contributed by atoms with Crippen LogP contribution in [0.4, 0.5) is 0 Å². The van der Waals surface area contributed by atoms with E-state index in [0.29, 0.717) is 16.2 Å². The highest BCUT2D eigenvalue weighted by Crippen LogP contribution is 2.15. The van der Waals surface area contributed by atoms with Crippen LogP contribution in [-0.2, 0) is 0 Å². The molecule has 0 fully saturated rings. The van der Waals surface area contributed by atoms with Crippen LogP contribution >= 0.6 is 11.3 Å². The second-order valence-corrected chi connectivity index (χ2v) is 3.92. The van der Waals surface area contributed by atoms with Crippen LogP contribution in [0, 0.1) is 5.51 Å². The number of benzene rings is 1. The number of ether oxygens (including phenoxy) is 1. The van der Waals surface area contributed by atoms with Gasteiger partial charge in [0.1, 0.15) is 10.6 Å². The van der Waals surface area contributed by atoms with Gasteiger partial charge in [-0.3, -0.25) is 4.79 Å². The monoisotopic (exact) mass is 247 g/mol. The van der Waals surface area contributed by atoms with Gasteiger partial charge in [0.05, 0.1) is 6.20 Å². The summed E-state index contributed by atoms with van der Waals surface area (Å²) in [4.78, 5) is 26.4. The highest BCUT2D eigenvalue weighted by Gasteiger charge is 2.10. The molecule has 1 heterocycles. The number of rotatable bonds is 3. The number of primary amides is 1. The van der Waals surface area contributed by atoms with Gasteiger partial charge in [0, 0.05) is 5.56 Å². The van der Waals surface area contributed by atoms with Gasteiger partial charge in [-0.1, -0.05) is 0 Å². The van der Waals surface area contributed by atoms with E-state index < -0.39 is 11.9 Å². The Bertz CT molecular complexity index is 534. The number of thiazole rings is 1. The van der Waals surface area contributed by atoms with Crippen LogP contribution < -0.4 is 10.5 Å². The Morgan fingerprint density at radius 3 is 2.53 bits per heavy atom. The lowest BCUT2D eigenvalue weighted by molar-refractivity contribution is 0.0739. The number of hydrogen-bond acceptors (Lipinski definition) is 5. The first-order valence-electron chi connectivity index (χ1n) is 4.61. The van der Waals surface area contributed by atoms with Crippen LogP contribution in [-0.4, -0.2) is 16.9 Å². The van der Waals surface area contributed by atoms with Gasteiger partial charge in [-0.05, 0) is 24.3 Å². The minimum absolute atomic E-state index is 0.341. The van der Waals surface area contributed by atoms with E-state index in [9.17, 15) is 9.59 Å². The summed E-state index contributed by atoms with van der Waals surface area (Å²) < 4.78 is 5.05. The normalized spacial score (nSPS) is 9.88. The van der Waals surface area contributed by atoms with Crippen LogP contribution in [0.15, 0.2) is 30.5 Å². The maximum atomic E-state index is 11.5. The molecule has 0 unspecified atom stereocenters. The molecule has 0 aliphatic heterocycles. The van der Waals surface area contributed by atoms with Crippen molar-refractivity contribution >= 4 is 23.2 Å². The fourth-order valence-corrected chi connectivity index (χ4v) is 1.56. The van der Waals surface area contributed by atoms with Gasteiger partial charge in [-0.2, -0.15) is 0 Å². The lowest BCUT2D eigenvalue weighted by atomic mass is 10.2. The molecule has 2 aromatic rings. The molecular weight excluding hydrogens is 240 g/mol. The molecule has 1 aromatic carbocycles. The van der Waals surface area contributed by atoms with Gasteiger partial charge in [0.25, 0.3) is 0 Å². The number of aromatic nitrogens is 1. The molecule has 5 nitrogen and oxygen atoms in total. The molecule has 1 aromatic heterocycles. The van der Waals surface area contributed by atoms with Crippen molar-refractivity contribution in [1.82, 2.24) is 4.98 Å². The van der Waals surface area contributed by atoms with Crippen molar-refractivity contribution < 1.29 is 14.3 Å². The van der Waals surface area contributed by atoms with E-state index in [-0.39, 0.29) is 0 Å². The summed E-state index contributed by atoms with van der Waals surface area (Å²) in [7, 11) is 0. The zero-order chi connectivity index (χ0) is 12.3. The van der Waals surface area contributed by atoms with Gasteiger partial charge in [0.15, 0.2) is 5.51 Å². The van der Waals surface area contributed by atoms with Crippen molar-refractivity contribution in [3.05, 3.63) is 46.4 Å². The first kappa shape index (κ1) is 11.3. The highest BCUT2D eigenvalue weighted by atomic mass is 32.1. The predicted molar refractivity (Wildman–Crippen MR) is 60.9 cm³/mol. The van der Waals surface area contributed by atoms with E-state index >= 15 is 0 Å². The minimum Gasteiger partial charge on any atom is -0.422 e. The Morgan fingerprint density at radius 1 is 1.29 bits per heavy atom. The first-order valence-corrected chi connectivity index (χ1v) is 5.42. The number of carbonyl (C=O) groups is 2. The average molecular weight is 247 g/mol. The van der Waals surface area contributed by atoms with Crippen LogP contribution in [0.1, 0.15) is 20.0 Å². The Balaban J connectivity index is 2.09. The zero-order valence-corrected chi connectivity index (χ0v) is 9.36. The lowest BCUT2D eigenvalue weighted by Crippen LogP contribution is -2.11. The summed E-state index contributed by atoms with van der Waals surface area (Å²) in [5, 5.41) is 0. The molecule has 1 amide bonds. The van der Waals surface area contributed by atoms with Gasteiger partial charge in [0.2, 0.25) is 5.91 Å². The lowest BCUT2D eigenvalue weighted by Gasteiger charge is -2.02. The third-order valence-electron chi connectivity index (χ3n) is 1.94. The Kier molecular flexibility index (Phi) is 3.15. The summed E-state index contributed by atoms with van der Waals surface area (Å²) in [5.41, 5.74) is 7.99. The Labute approximate surface area is 101 Å². The fourth-order valence-electron chi connectivity index (χ4n) is 1.13. The summed E-state index contributed by atoms with van der Waals surface area (Å²) >= 11 is 1.07. The molecule has 2 N–H and O–H groups in total. The SMILES string of the molecule is NC(=O)c1ccc(OC(=O)c2cn[c]s2)cc1. The molecular formula is C11H7N2O3S. The fraction of sp³-hybridized carbons (Fsp3) is 0. The summed E-state index contributed by atoms with van der Waals surface area (Å²) in [6, 6.07) is 5.99. The molecule has 85 valence electrons. The summed E-state index contributed by atoms with van der Waals surface area (Å²) in [6.45, 7) is 0. The Morgan fingerprint density at radius 2 is 2.00 bits per heavy atom. The molecule has 0 spiro atoms. The Hall–Kier alpha value is -2.21. The molecule has 0 atom stereocenters. The second kappa shape index (κ2) is 4.75. The summed E-state index contributed by atoms with van der Waals surface area (Å²) in [5.74, 6) is -0.691. The standard InChI is InChI=1S/C11H7N2O3S/c12-10(14)7-1-3-8(4-2-7)16-11(15)9-5-13-6-17-9/h1-5H,(H2,12,14). The van der Waals surface area contributed by atoms with Gasteiger partial charge in [-0.15, -0.1) is 11.3 Å². The maximum absolute atomic E-state index is 11.5. The predicted octanol–water partition coefficient (Wildman–Crippen LogP) is 1.26. The molecule has 0 saturated carbocycles. The van der Waals surface area contributed by atoms with E-state index in [1.165, 1.54) is 30.5 Å². The van der Waals surface area contributed by atoms with E-state index in [1.807, 2.05) is 0 Å². The minimum atomic E-state index is -0.528. The molecule has 1 radical (unpaired) electrons. The van der Waals surface area contributed by atoms with Gasteiger partial charge in [-0.25, -0.2) is 9.78 Å². The topological polar surface area (TPSA) is 82.3 Å². The molecule has 0 aliphatic rings. The molecule has 17 heavy (non-hydrogen) atoms. The van der Waals surface area contributed by atoms with Crippen LogP contribution in [0.5, 0.6) is 5.75 Å². The molecule has 6 heteroatoms. The van der Waals surface area contributed by atoms with Crippen molar-refractivity contribution in [3.8, 4) is 5.75 Å². The van der Waals surface area contributed by atoms with E-state index in [0.717, 1.165) is 11.3 Å². The van der Waals surface area contributed by atoms with E-state index in [4.69, 9.17) is 10.5 Å². The third-order valence-corrected chi connectivity index (χ3v) is 2.63. The molecule has 2 rings (SSSR count). The molecule has 0 saturated heterocycles. The second-order valence-electron chi connectivity index (χ2n) is 3.09. The summed E-state index contributed by atoms with van der Waals surface area (Å²) in [6.07, 6.45) is 1.38. The number of nitrogens with zero attached hydrogens (tertiary/aromatic N) is 1. The van der Waals surface area contributed by atoms with Gasteiger partial charge < -0.3 is 10.5 Å². The number of nitrogens with two attached hydrogens (primary N) is 1. The molecule has 0 bridgehead atoms. The van der Waals surface area contributed by atoms with Crippen LogP contribution in [0.2, 0.25) is 0 Å². The van der Waals surface area contributed by atoms with Crippen molar-refractivity contribution in [2.75, 3.05) is 0 Å². The van der Waals surface area contributed by atoms with Crippen molar-refractivity contribution in [1.29, 1.82) is 0 Å². The zero-order valence-electron chi connectivity index (χ0n) is 8.54. The maximum Gasteiger partial charge on any atom is 0.355 e. The van der Waals surface area contributed by atoms with Crippen LogP contribution in [0.25, 0.3) is 0 Å². The van der Waals surface area contributed by atoms with E-state index in [1.54, 1.807) is 0 Å². The van der Waals surface area contributed by atoms with Crippen molar-refractivity contribution in [2.45, 2.75) is 0 Å². The van der Waals surface area contributed by atoms with Crippen LogP contribution in [0.3, 0.4) is 0 Å². The van der Waals surface area contributed by atoms with Crippen molar-refractivity contribution in [3.63, 3.8) is 0 Å². The third kappa shape index (κ3) is 2.67. The largest absolute Gasteiger partial charge is 0.422 e. The van der Waals surface area contributed by atoms with Crippen molar-refractivity contribution in [2.24, 2.45) is 5.73 Å². The number of hydrogen-bond donors (Lipinski definition) is 1. The number of esters is 1. The average Bonchev–Trinajstić information content (AvgIpc) is 2.83.